The number of aromatic nitrogens is 9. The molecule has 5 rings (SSSR count). The molecule has 0 bridgehead atoms. The highest BCUT2D eigenvalue weighted by Gasteiger charge is 2.28. The first-order valence-electron chi connectivity index (χ1n) is 28.2. The van der Waals surface area contributed by atoms with Gasteiger partial charge < -0.3 is 85.2 Å². The largest absolute Gasteiger partial charge is 0.444 e. The van der Waals surface area contributed by atoms with Crippen LogP contribution in [-0.4, -0.2) is 221 Å². The molecule has 0 radical (unpaired) electrons. The van der Waals surface area contributed by atoms with Gasteiger partial charge in [-0.2, -0.15) is 44.9 Å². The normalized spacial score (nSPS) is 14.3. The van der Waals surface area contributed by atoms with Crippen LogP contribution in [0, 0.1) is 12.8 Å². The third-order valence-corrected chi connectivity index (χ3v) is 11.9. The summed E-state index contributed by atoms with van der Waals surface area (Å²) in [5.74, 6) is 3.42. The summed E-state index contributed by atoms with van der Waals surface area (Å²) in [6.07, 6.45) is -0.970. The molecule has 2 aliphatic heterocycles. The fourth-order valence-electron chi connectivity index (χ4n) is 8.15. The Morgan fingerprint density at radius 2 is 0.892 bits per heavy atom. The second kappa shape index (κ2) is 31.0. The van der Waals surface area contributed by atoms with Crippen molar-refractivity contribution in [1.82, 2.24) is 66.1 Å². The predicted octanol–water partition coefficient (Wildman–Crippen LogP) is 3.99. The van der Waals surface area contributed by atoms with E-state index in [1.807, 2.05) is 21.6 Å². The minimum Gasteiger partial charge on any atom is -0.444 e. The molecule has 0 aromatic carbocycles. The Morgan fingerprint density at radius 1 is 0.506 bits per heavy atom. The number of aliphatic hydroxyl groups excluding tert-OH is 1. The molecule has 0 saturated carbocycles. The summed E-state index contributed by atoms with van der Waals surface area (Å²) in [6, 6.07) is 0. The van der Waals surface area contributed by atoms with Crippen LogP contribution in [0.2, 0.25) is 5.28 Å². The minimum atomic E-state index is -0.730. The number of aliphatic hydroxyl groups is 1. The van der Waals surface area contributed by atoms with E-state index in [2.05, 4.69) is 66.6 Å². The number of piperidine rings is 1. The molecule has 4 amide bonds. The summed E-state index contributed by atoms with van der Waals surface area (Å²) < 4.78 is 27.4. The number of rotatable bonds is 26. The second-order valence-electron chi connectivity index (χ2n) is 23.7. The van der Waals surface area contributed by atoms with Gasteiger partial charge >= 0.3 is 24.4 Å². The number of nitrogens with one attached hydrogen (secondary N) is 6. The van der Waals surface area contributed by atoms with Crippen molar-refractivity contribution in [2.45, 2.75) is 125 Å². The lowest BCUT2D eigenvalue weighted by Crippen LogP contribution is -2.48. The number of amides is 4. The predicted molar refractivity (Wildman–Crippen MR) is 315 cm³/mol. The average molecular weight is 1190 g/mol. The van der Waals surface area contributed by atoms with Crippen LogP contribution >= 0.6 is 11.6 Å². The van der Waals surface area contributed by atoms with Crippen molar-refractivity contribution in [2.24, 2.45) is 5.92 Å². The quantitative estimate of drug-likeness (QED) is 0.0441. The second-order valence-corrected chi connectivity index (χ2v) is 24.0. The Hall–Kier alpha value is -7.08. The third-order valence-electron chi connectivity index (χ3n) is 11.8. The smallest absolute Gasteiger partial charge is 0.407 e. The fourth-order valence-corrected chi connectivity index (χ4v) is 8.30. The molecule has 2 saturated heterocycles. The Morgan fingerprint density at radius 3 is 1.30 bits per heavy atom. The zero-order valence-corrected chi connectivity index (χ0v) is 51.4. The molecule has 30 nitrogen and oxygen atoms in total. The zero-order valence-electron chi connectivity index (χ0n) is 50.7. The maximum absolute atomic E-state index is 12.8. The van der Waals surface area contributed by atoms with Crippen LogP contribution in [0.1, 0.15) is 102 Å². The summed E-state index contributed by atoms with van der Waals surface area (Å²) in [5, 5.41) is 26.8. The van der Waals surface area contributed by atoms with Crippen LogP contribution in [0.25, 0.3) is 0 Å². The summed E-state index contributed by atoms with van der Waals surface area (Å²) in [7, 11) is 0. The lowest BCUT2D eigenvalue weighted by molar-refractivity contribution is 0.0515. The Labute approximate surface area is 492 Å². The van der Waals surface area contributed by atoms with Gasteiger partial charge in [-0.25, -0.2) is 19.2 Å². The van der Waals surface area contributed by atoms with Gasteiger partial charge in [-0.3, -0.25) is 0 Å². The number of carbonyl (C=O) groups excluding carboxylic acids is 4. The molecule has 0 aliphatic carbocycles. The number of halogens is 1. The molecule has 0 atom stereocenters. The van der Waals surface area contributed by atoms with Crippen LogP contribution in [0.3, 0.4) is 0 Å². The van der Waals surface area contributed by atoms with Gasteiger partial charge in [0.25, 0.3) is 0 Å². The van der Waals surface area contributed by atoms with E-state index in [1.165, 1.54) is 0 Å². The molecule has 31 heteroatoms. The van der Waals surface area contributed by atoms with Gasteiger partial charge in [0.1, 0.15) is 28.2 Å². The number of aryl methyl sites for hydroxylation is 1. The average Bonchev–Trinajstić information content (AvgIpc) is 3.47. The lowest BCUT2D eigenvalue weighted by Gasteiger charge is -2.35. The standard InChI is InChI=1S/C52H89ClN20O10/c1-35-60-38(54-20-32-79-33-31-74)64-40(61-35)72-27-29-73(30-28-72)41-63-37(53)62-39(65-41)59-34-36-14-21-69(22-15-36)42-66-43(70(23-16-55-45(75)80-49(2,3)4)24-17-56-46(76)81-50(5,6)7)68-44(67-42)71(25-18-57-47(77)82-51(8,9)10)26-19-58-48(78)83-52(11,12)13/h36,74H,14-34H2,1-13H3,(H,55,75)(H,56,76)(H,57,77)(H,58,78)(H,54,60,61,64)(H,59,62,63,65). The monoisotopic (exact) mass is 1190 g/mol. The van der Waals surface area contributed by atoms with E-state index in [0.717, 1.165) is 12.8 Å². The van der Waals surface area contributed by atoms with Crippen molar-refractivity contribution in [3.63, 3.8) is 0 Å². The molecular weight excluding hydrogens is 1100 g/mol. The molecule has 464 valence electrons. The number of ether oxygens (including phenoxy) is 5. The molecule has 7 N–H and O–H groups in total. The fraction of sp³-hybridized carbons (Fsp3) is 0.750. The molecule has 2 aliphatic rings. The van der Waals surface area contributed by atoms with E-state index in [1.54, 1.807) is 83.1 Å². The van der Waals surface area contributed by atoms with Crippen LogP contribution in [0.5, 0.6) is 0 Å². The maximum Gasteiger partial charge on any atom is 0.407 e. The van der Waals surface area contributed by atoms with E-state index in [9.17, 15) is 19.2 Å². The topological polar surface area (TPSA) is 339 Å². The van der Waals surface area contributed by atoms with Gasteiger partial charge in [0, 0.05) is 105 Å². The van der Waals surface area contributed by atoms with E-state index in [-0.39, 0.29) is 88.7 Å². The van der Waals surface area contributed by atoms with Gasteiger partial charge in [0.05, 0.1) is 19.8 Å². The van der Waals surface area contributed by atoms with Gasteiger partial charge in [0.15, 0.2) is 0 Å². The van der Waals surface area contributed by atoms with Gasteiger partial charge in [0.2, 0.25) is 46.9 Å². The van der Waals surface area contributed by atoms with Gasteiger partial charge in [-0.05, 0) is 120 Å². The van der Waals surface area contributed by atoms with Crippen molar-refractivity contribution in [3.8, 4) is 0 Å². The first-order chi connectivity index (χ1) is 39.0. The van der Waals surface area contributed by atoms with Crippen LogP contribution in [0.4, 0.5) is 60.8 Å². The van der Waals surface area contributed by atoms with Crippen LogP contribution in [0.15, 0.2) is 0 Å². The van der Waals surface area contributed by atoms with Crippen LogP contribution < -0.4 is 56.4 Å². The highest BCUT2D eigenvalue weighted by atomic mass is 35.5. The van der Waals surface area contributed by atoms with Crippen molar-refractivity contribution < 1.29 is 48.0 Å². The third kappa shape index (κ3) is 25.5. The van der Waals surface area contributed by atoms with Crippen molar-refractivity contribution >= 4 is 77.6 Å². The van der Waals surface area contributed by atoms with Crippen molar-refractivity contribution in [2.75, 3.05) is 160 Å². The lowest BCUT2D eigenvalue weighted by atomic mass is 9.97. The first kappa shape index (κ1) is 66.7. The van der Waals surface area contributed by atoms with E-state index in [4.69, 9.17) is 60.3 Å². The number of hydrogen-bond acceptors (Lipinski definition) is 26. The number of hydrogen-bond donors (Lipinski definition) is 7. The number of anilines is 7. The van der Waals surface area contributed by atoms with E-state index >= 15 is 0 Å². The SMILES string of the molecule is Cc1nc(NCCOCCO)nc(N2CCN(c3nc(Cl)nc(NCC4CCN(c5nc(N(CCNC(=O)OC(C)(C)C)CCNC(=O)OC(C)(C)C)nc(N(CCNC(=O)OC(C)(C)C)CCNC(=O)OC(C)(C)C)n5)CC4)n3)CC2)n1. The molecule has 5 heterocycles. The molecule has 0 unspecified atom stereocenters. The van der Waals surface area contributed by atoms with Crippen LogP contribution in [-0.2, 0) is 23.7 Å². The zero-order chi connectivity index (χ0) is 61.0. The van der Waals surface area contributed by atoms with E-state index in [0.29, 0.717) is 94.5 Å². The molecule has 3 aromatic rings. The highest BCUT2D eigenvalue weighted by molar-refractivity contribution is 6.28. The Bertz CT molecular complexity index is 2390. The summed E-state index contributed by atoms with van der Waals surface area (Å²) in [5.41, 5.74) is -2.92. The van der Waals surface area contributed by atoms with Gasteiger partial charge in [-0.1, -0.05) is 0 Å². The van der Waals surface area contributed by atoms with Gasteiger partial charge in [-0.15, -0.1) is 0 Å². The maximum atomic E-state index is 12.8. The minimum absolute atomic E-state index is 0.0421. The van der Waals surface area contributed by atoms with E-state index < -0.39 is 46.8 Å². The number of nitrogens with zero attached hydrogens (tertiary/aromatic N) is 14. The molecule has 0 spiro atoms. The number of piperazine rings is 1. The summed E-state index contributed by atoms with van der Waals surface area (Å²) in [6.45, 7) is 29.5. The summed E-state index contributed by atoms with van der Waals surface area (Å²) in [4.78, 5) is 103. The number of carbonyl (C=O) groups is 4. The molecule has 2 fully saturated rings. The Kier molecular flexibility index (Phi) is 24.9. The summed E-state index contributed by atoms with van der Waals surface area (Å²) >= 11 is 6.51. The highest BCUT2D eigenvalue weighted by Crippen LogP contribution is 2.26. The molecule has 83 heavy (non-hydrogen) atoms. The molecule has 3 aromatic heterocycles. The molecular formula is C52H89ClN20O10. The number of alkyl carbamates (subject to hydrolysis) is 4. The van der Waals surface area contributed by atoms with Crippen molar-refractivity contribution in [3.05, 3.63) is 11.1 Å². The first-order valence-corrected chi connectivity index (χ1v) is 28.6. The van der Waals surface area contributed by atoms with Crippen molar-refractivity contribution in [1.29, 1.82) is 0 Å². The Balaban J connectivity index is 1.34.